The van der Waals surface area contributed by atoms with Crippen molar-refractivity contribution >= 4 is 5.97 Å². The van der Waals surface area contributed by atoms with Crippen molar-refractivity contribution < 1.29 is 9.90 Å². The molecule has 0 aromatic carbocycles. The Morgan fingerprint density at radius 3 is 2.47 bits per heavy atom. The van der Waals surface area contributed by atoms with Gasteiger partial charge >= 0.3 is 5.97 Å². The van der Waals surface area contributed by atoms with Crippen LogP contribution >= 0.6 is 0 Å². The third-order valence-electron chi connectivity index (χ3n) is 2.91. The Hall–Kier alpha value is -1.45. The first-order chi connectivity index (χ1) is 7.27. The third-order valence-corrected chi connectivity index (χ3v) is 2.91. The predicted molar refractivity (Wildman–Crippen MR) is 54.8 cm³/mol. The van der Waals surface area contributed by atoms with Crippen LogP contribution in [-0.2, 0) is 0 Å². The molecule has 1 aliphatic carbocycles. The monoisotopic (exact) mass is 206 g/mol. The third kappa shape index (κ3) is 2.32. The first-order valence-corrected chi connectivity index (χ1v) is 5.32. The van der Waals surface area contributed by atoms with Gasteiger partial charge in [0.05, 0.1) is 11.9 Å². The van der Waals surface area contributed by atoms with E-state index >= 15 is 0 Å². The van der Waals surface area contributed by atoms with Crippen molar-refractivity contribution in [1.82, 2.24) is 9.97 Å². The Morgan fingerprint density at radius 2 is 1.93 bits per heavy atom. The summed E-state index contributed by atoms with van der Waals surface area (Å²) in [6.45, 7) is 0. The molecular weight excluding hydrogens is 192 g/mol. The minimum Gasteiger partial charge on any atom is -0.476 e. The normalized spacial score (nSPS) is 17.6. The zero-order valence-corrected chi connectivity index (χ0v) is 8.52. The average molecular weight is 206 g/mol. The molecule has 0 unspecified atom stereocenters. The minimum absolute atomic E-state index is 0.0227. The molecular formula is C11H14N2O2. The summed E-state index contributed by atoms with van der Waals surface area (Å²) in [7, 11) is 0. The predicted octanol–water partition coefficient (Wildman–Crippen LogP) is 2.22. The van der Waals surface area contributed by atoms with Gasteiger partial charge in [-0.05, 0) is 12.8 Å². The standard InChI is InChI=1S/C11H14N2O2/c14-11(15)10-7-12-9(6-13-10)8-4-2-1-3-5-8/h6-8H,1-5H2,(H,14,15). The molecule has 0 spiro atoms. The van der Waals surface area contributed by atoms with Crippen molar-refractivity contribution in [2.24, 2.45) is 0 Å². The SMILES string of the molecule is O=C(O)c1cnc(C2CCCCC2)cn1. The summed E-state index contributed by atoms with van der Waals surface area (Å²) in [5.74, 6) is -0.535. The number of nitrogens with zero attached hydrogens (tertiary/aromatic N) is 2. The Bertz CT molecular complexity index is 342. The highest BCUT2D eigenvalue weighted by Crippen LogP contribution is 2.30. The van der Waals surface area contributed by atoms with Crippen LogP contribution in [-0.4, -0.2) is 21.0 Å². The summed E-state index contributed by atoms with van der Waals surface area (Å²) in [6.07, 6.45) is 9.06. The fourth-order valence-electron chi connectivity index (χ4n) is 2.06. The van der Waals surface area contributed by atoms with E-state index in [9.17, 15) is 4.79 Å². The largest absolute Gasteiger partial charge is 0.476 e. The van der Waals surface area contributed by atoms with Crippen LogP contribution in [0.2, 0.25) is 0 Å². The molecule has 0 aliphatic heterocycles. The van der Waals surface area contributed by atoms with Gasteiger partial charge < -0.3 is 5.11 Å². The number of rotatable bonds is 2. The lowest BCUT2D eigenvalue weighted by Crippen LogP contribution is -2.09. The molecule has 15 heavy (non-hydrogen) atoms. The molecule has 0 saturated heterocycles. The fraction of sp³-hybridized carbons (Fsp3) is 0.545. The van der Waals surface area contributed by atoms with Crippen LogP contribution in [0.4, 0.5) is 0 Å². The Balaban J connectivity index is 2.11. The molecule has 0 atom stereocenters. The molecule has 1 saturated carbocycles. The smallest absolute Gasteiger partial charge is 0.356 e. The Morgan fingerprint density at radius 1 is 1.20 bits per heavy atom. The molecule has 0 amide bonds. The van der Waals surface area contributed by atoms with Gasteiger partial charge in [-0.3, -0.25) is 4.98 Å². The summed E-state index contributed by atoms with van der Waals surface area (Å²) in [5.41, 5.74) is 0.967. The maximum Gasteiger partial charge on any atom is 0.356 e. The topological polar surface area (TPSA) is 63.1 Å². The number of carboxylic acid groups (broad SMARTS) is 1. The molecule has 0 radical (unpaired) electrons. The van der Waals surface area contributed by atoms with Crippen molar-refractivity contribution in [3.8, 4) is 0 Å². The summed E-state index contributed by atoms with van der Waals surface area (Å²) in [5, 5.41) is 8.68. The van der Waals surface area contributed by atoms with Gasteiger partial charge in [-0.2, -0.15) is 0 Å². The summed E-state index contributed by atoms with van der Waals surface area (Å²) >= 11 is 0. The van der Waals surface area contributed by atoms with E-state index in [4.69, 9.17) is 5.11 Å². The molecule has 80 valence electrons. The number of carboxylic acids is 1. The van der Waals surface area contributed by atoms with E-state index in [1.54, 1.807) is 6.20 Å². The van der Waals surface area contributed by atoms with Crippen LogP contribution < -0.4 is 0 Å². The zero-order valence-electron chi connectivity index (χ0n) is 8.52. The second kappa shape index (κ2) is 4.38. The zero-order chi connectivity index (χ0) is 10.7. The lowest BCUT2D eigenvalue weighted by Gasteiger charge is -2.20. The van der Waals surface area contributed by atoms with Crippen LogP contribution in [0.3, 0.4) is 0 Å². The fourth-order valence-corrected chi connectivity index (χ4v) is 2.06. The van der Waals surface area contributed by atoms with Gasteiger partial charge in [0.2, 0.25) is 0 Å². The molecule has 2 rings (SSSR count). The summed E-state index contributed by atoms with van der Waals surface area (Å²) < 4.78 is 0. The molecule has 4 heteroatoms. The number of aromatic nitrogens is 2. The first-order valence-electron chi connectivity index (χ1n) is 5.32. The van der Waals surface area contributed by atoms with Gasteiger partial charge in [0.1, 0.15) is 0 Å². The highest BCUT2D eigenvalue weighted by molar-refractivity contribution is 5.84. The van der Waals surface area contributed by atoms with Gasteiger partial charge in [0.15, 0.2) is 5.69 Å². The van der Waals surface area contributed by atoms with Crippen LogP contribution in [0, 0.1) is 0 Å². The van der Waals surface area contributed by atoms with Gasteiger partial charge in [-0.25, -0.2) is 9.78 Å². The minimum atomic E-state index is -1.02. The van der Waals surface area contributed by atoms with E-state index in [0.29, 0.717) is 5.92 Å². The van der Waals surface area contributed by atoms with Crippen LogP contribution in [0.15, 0.2) is 12.4 Å². The van der Waals surface area contributed by atoms with Crippen molar-refractivity contribution in [2.45, 2.75) is 38.0 Å². The summed E-state index contributed by atoms with van der Waals surface area (Å²) in [6, 6.07) is 0. The lowest BCUT2D eigenvalue weighted by atomic mass is 9.87. The van der Waals surface area contributed by atoms with E-state index in [-0.39, 0.29) is 5.69 Å². The van der Waals surface area contributed by atoms with Gasteiger partial charge in [-0.1, -0.05) is 19.3 Å². The quantitative estimate of drug-likeness (QED) is 0.805. The van der Waals surface area contributed by atoms with Gasteiger partial charge in [-0.15, -0.1) is 0 Å². The van der Waals surface area contributed by atoms with Crippen molar-refractivity contribution in [1.29, 1.82) is 0 Å². The number of hydrogen-bond acceptors (Lipinski definition) is 3. The Kier molecular flexibility index (Phi) is 2.94. The van der Waals surface area contributed by atoms with Crippen LogP contribution in [0.1, 0.15) is 54.2 Å². The summed E-state index contributed by atoms with van der Waals surface area (Å²) in [4.78, 5) is 18.7. The second-order valence-corrected chi connectivity index (χ2v) is 3.97. The first kappa shape index (κ1) is 10.1. The maximum atomic E-state index is 10.6. The van der Waals surface area contributed by atoms with Gasteiger partial charge in [0.25, 0.3) is 0 Å². The molecule has 0 bridgehead atoms. The van der Waals surface area contributed by atoms with E-state index in [1.807, 2.05) is 0 Å². The number of hydrogen-bond donors (Lipinski definition) is 1. The maximum absolute atomic E-state index is 10.6. The highest BCUT2D eigenvalue weighted by atomic mass is 16.4. The van der Waals surface area contributed by atoms with E-state index in [1.165, 1.54) is 25.5 Å². The van der Waals surface area contributed by atoms with E-state index < -0.39 is 5.97 Å². The average Bonchev–Trinajstić information content (AvgIpc) is 2.30. The highest BCUT2D eigenvalue weighted by Gasteiger charge is 2.17. The van der Waals surface area contributed by atoms with Crippen molar-refractivity contribution in [2.75, 3.05) is 0 Å². The molecule has 1 fully saturated rings. The van der Waals surface area contributed by atoms with E-state index in [0.717, 1.165) is 18.5 Å². The molecule has 1 aromatic heterocycles. The van der Waals surface area contributed by atoms with Crippen molar-refractivity contribution in [3.05, 3.63) is 23.8 Å². The molecule has 1 aliphatic rings. The molecule has 1 N–H and O–H groups in total. The molecule has 1 heterocycles. The van der Waals surface area contributed by atoms with Gasteiger partial charge in [0, 0.05) is 12.1 Å². The Labute approximate surface area is 88.4 Å². The van der Waals surface area contributed by atoms with Crippen LogP contribution in [0.25, 0.3) is 0 Å². The molecule has 1 aromatic rings. The van der Waals surface area contributed by atoms with Crippen LogP contribution in [0.5, 0.6) is 0 Å². The molecule has 4 nitrogen and oxygen atoms in total. The second-order valence-electron chi connectivity index (χ2n) is 3.97. The number of aromatic carboxylic acids is 1. The van der Waals surface area contributed by atoms with E-state index in [2.05, 4.69) is 9.97 Å². The van der Waals surface area contributed by atoms with Crippen molar-refractivity contribution in [3.63, 3.8) is 0 Å². The lowest BCUT2D eigenvalue weighted by molar-refractivity contribution is 0.0690. The number of carbonyl (C=O) groups is 1.